The van der Waals surface area contributed by atoms with Gasteiger partial charge in [-0.3, -0.25) is 10.1 Å². The summed E-state index contributed by atoms with van der Waals surface area (Å²) < 4.78 is 18.4. The molecular weight excluding hydrogens is 237 g/mol. The lowest BCUT2D eigenvalue weighted by Gasteiger charge is -2.24. The zero-order valence-electron chi connectivity index (χ0n) is 10.6. The van der Waals surface area contributed by atoms with Crippen LogP contribution >= 0.6 is 0 Å². The summed E-state index contributed by atoms with van der Waals surface area (Å²) in [6.45, 7) is 3.95. The smallest absolute Gasteiger partial charge is 0.323 e. The Hall–Kier alpha value is -1.62. The molecule has 2 N–H and O–H groups in total. The van der Waals surface area contributed by atoms with Gasteiger partial charge in [-0.1, -0.05) is 19.1 Å². The van der Waals surface area contributed by atoms with Crippen molar-refractivity contribution in [3.63, 3.8) is 0 Å². The van der Waals surface area contributed by atoms with Gasteiger partial charge in [-0.15, -0.1) is 0 Å². The SMILES string of the molecule is CCC(C)(NCCOc1ccccc1F)C(=O)O. The lowest BCUT2D eigenvalue weighted by atomic mass is 9.99. The van der Waals surface area contributed by atoms with E-state index in [1.165, 1.54) is 12.1 Å². The molecule has 1 rings (SSSR count). The third kappa shape index (κ3) is 3.70. The van der Waals surface area contributed by atoms with Gasteiger partial charge in [-0.2, -0.15) is 0 Å². The van der Waals surface area contributed by atoms with E-state index < -0.39 is 17.3 Å². The Kier molecular flexibility index (Phi) is 5.09. The van der Waals surface area contributed by atoms with E-state index in [1.807, 2.05) is 0 Å². The minimum Gasteiger partial charge on any atom is -0.489 e. The molecule has 0 spiro atoms. The molecule has 0 radical (unpaired) electrons. The highest BCUT2D eigenvalue weighted by Crippen LogP contribution is 2.15. The second-order valence-electron chi connectivity index (χ2n) is 4.20. The fourth-order valence-corrected chi connectivity index (χ4v) is 1.40. The number of halogens is 1. The Bertz CT molecular complexity index is 411. The van der Waals surface area contributed by atoms with Crippen molar-refractivity contribution in [2.24, 2.45) is 0 Å². The lowest BCUT2D eigenvalue weighted by molar-refractivity contribution is -0.144. The van der Waals surface area contributed by atoms with Crippen LogP contribution in [0.25, 0.3) is 0 Å². The largest absolute Gasteiger partial charge is 0.489 e. The molecule has 0 saturated heterocycles. The number of ether oxygens (including phenoxy) is 1. The number of para-hydroxylation sites is 1. The van der Waals surface area contributed by atoms with Gasteiger partial charge in [0.05, 0.1) is 0 Å². The van der Waals surface area contributed by atoms with Gasteiger partial charge in [0.1, 0.15) is 12.1 Å². The zero-order chi connectivity index (χ0) is 13.6. The first-order chi connectivity index (χ1) is 8.49. The van der Waals surface area contributed by atoms with Crippen molar-refractivity contribution in [2.75, 3.05) is 13.2 Å². The van der Waals surface area contributed by atoms with E-state index in [0.717, 1.165) is 0 Å². The molecule has 0 aliphatic heterocycles. The second kappa shape index (κ2) is 6.35. The molecule has 1 aromatic carbocycles. The van der Waals surface area contributed by atoms with E-state index in [0.29, 0.717) is 13.0 Å². The highest BCUT2D eigenvalue weighted by Gasteiger charge is 2.29. The minimum atomic E-state index is -0.974. The highest BCUT2D eigenvalue weighted by atomic mass is 19.1. The fourth-order valence-electron chi connectivity index (χ4n) is 1.40. The number of rotatable bonds is 7. The van der Waals surface area contributed by atoms with Crippen LogP contribution in [-0.4, -0.2) is 29.8 Å². The van der Waals surface area contributed by atoms with Crippen molar-refractivity contribution in [3.05, 3.63) is 30.1 Å². The first-order valence-corrected chi connectivity index (χ1v) is 5.85. The first-order valence-electron chi connectivity index (χ1n) is 5.85. The maximum absolute atomic E-state index is 13.2. The standard InChI is InChI=1S/C13H18FNO3/c1-3-13(2,12(16)17)15-8-9-18-11-7-5-4-6-10(11)14/h4-7,15H,3,8-9H2,1-2H3,(H,16,17). The van der Waals surface area contributed by atoms with Gasteiger partial charge in [-0.25, -0.2) is 4.39 Å². The third-order valence-electron chi connectivity index (χ3n) is 2.89. The summed E-state index contributed by atoms with van der Waals surface area (Å²) in [6, 6.07) is 6.11. The molecule has 0 heterocycles. The molecule has 100 valence electrons. The Balaban J connectivity index is 2.39. The van der Waals surface area contributed by atoms with Crippen LogP contribution < -0.4 is 10.1 Å². The fraction of sp³-hybridized carbons (Fsp3) is 0.462. The van der Waals surface area contributed by atoms with Crippen molar-refractivity contribution in [1.82, 2.24) is 5.32 Å². The summed E-state index contributed by atoms with van der Waals surface area (Å²) in [4.78, 5) is 11.0. The van der Waals surface area contributed by atoms with Crippen LogP contribution in [0.1, 0.15) is 20.3 Å². The van der Waals surface area contributed by atoms with Crippen LogP contribution in [-0.2, 0) is 4.79 Å². The van der Waals surface area contributed by atoms with E-state index >= 15 is 0 Å². The third-order valence-corrected chi connectivity index (χ3v) is 2.89. The lowest BCUT2D eigenvalue weighted by Crippen LogP contribution is -2.50. The molecule has 0 fully saturated rings. The van der Waals surface area contributed by atoms with Crippen molar-refractivity contribution in [2.45, 2.75) is 25.8 Å². The molecule has 0 saturated carbocycles. The molecule has 0 bridgehead atoms. The van der Waals surface area contributed by atoms with Crippen LogP contribution in [0.5, 0.6) is 5.75 Å². The number of hydrogen-bond donors (Lipinski definition) is 2. The Morgan fingerprint density at radius 1 is 1.50 bits per heavy atom. The Morgan fingerprint density at radius 2 is 2.17 bits per heavy atom. The summed E-state index contributed by atoms with van der Waals surface area (Å²) in [5.41, 5.74) is -0.974. The summed E-state index contributed by atoms with van der Waals surface area (Å²) in [5, 5.41) is 11.9. The molecule has 0 aromatic heterocycles. The van der Waals surface area contributed by atoms with Crippen molar-refractivity contribution in [3.8, 4) is 5.75 Å². The number of hydrogen-bond acceptors (Lipinski definition) is 3. The maximum Gasteiger partial charge on any atom is 0.323 e. The van der Waals surface area contributed by atoms with E-state index in [1.54, 1.807) is 26.0 Å². The van der Waals surface area contributed by atoms with Gasteiger partial charge in [0.2, 0.25) is 0 Å². The molecule has 4 nitrogen and oxygen atoms in total. The van der Waals surface area contributed by atoms with Crippen molar-refractivity contribution < 1.29 is 19.0 Å². The van der Waals surface area contributed by atoms with Crippen LogP contribution in [0.2, 0.25) is 0 Å². The topological polar surface area (TPSA) is 58.6 Å². The predicted molar refractivity (Wildman–Crippen MR) is 66.2 cm³/mol. The maximum atomic E-state index is 13.2. The van der Waals surface area contributed by atoms with E-state index in [-0.39, 0.29) is 12.4 Å². The zero-order valence-corrected chi connectivity index (χ0v) is 10.6. The number of benzene rings is 1. The summed E-state index contributed by atoms with van der Waals surface area (Å²) in [7, 11) is 0. The van der Waals surface area contributed by atoms with Crippen LogP contribution in [0, 0.1) is 5.82 Å². The molecule has 5 heteroatoms. The molecule has 1 unspecified atom stereocenters. The molecule has 0 aliphatic rings. The van der Waals surface area contributed by atoms with Gasteiger partial charge in [0.25, 0.3) is 0 Å². The average Bonchev–Trinajstić information content (AvgIpc) is 2.36. The van der Waals surface area contributed by atoms with Gasteiger partial charge in [-0.05, 0) is 25.5 Å². The second-order valence-corrected chi connectivity index (χ2v) is 4.20. The molecule has 1 atom stereocenters. The normalized spacial score (nSPS) is 13.9. The number of nitrogens with one attached hydrogen (secondary N) is 1. The molecule has 0 aliphatic carbocycles. The molecular formula is C13H18FNO3. The predicted octanol–water partition coefficient (Wildman–Crippen LogP) is 2.05. The average molecular weight is 255 g/mol. The summed E-state index contributed by atoms with van der Waals surface area (Å²) in [5.74, 6) is -1.15. The van der Waals surface area contributed by atoms with Gasteiger partial charge >= 0.3 is 5.97 Å². The first kappa shape index (κ1) is 14.4. The van der Waals surface area contributed by atoms with E-state index in [4.69, 9.17) is 9.84 Å². The summed E-state index contributed by atoms with van der Waals surface area (Å²) in [6.07, 6.45) is 0.460. The van der Waals surface area contributed by atoms with Gasteiger partial charge < -0.3 is 9.84 Å². The number of carboxylic acid groups (broad SMARTS) is 1. The van der Waals surface area contributed by atoms with E-state index in [9.17, 15) is 9.18 Å². The molecule has 0 amide bonds. The van der Waals surface area contributed by atoms with Crippen molar-refractivity contribution >= 4 is 5.97 Å². The summed E-state index contributed by atoms with van der Waals surface area (Å²) >= 11 is 0. The highest BCUT2D eigenvalue weighted by molar-refractivity contribution is 5.78. The minimum absolute atomic E-state index is 0.174. The van der Waals surface area contributed by atoms with E-state index in [2.05, 4.69) is 5.32 Å². The number of aliphatic carboxylic acids is 1. The van der Waals surface area contributed by atoms with Crippen LogP contribution in [0.3, 0.4) is 0 Å². The monoisotopic (exact) mass is 255 g/mol. The van der Waals surface area contributed by atoms with Crippen LogP contribution in [0.15, 0.2) is 24.3 Å². The number of carbonyl (C=O) groups is 1. The quantitative estimate of drug-likeness (QED) is 0.732. The molecule has 1 aromatic rings. The number of carboxylic acids is 1. The Labute approximate surface area is 106 Å². The van der Waals surface area contributed by atoms with Crippen molar-refractivity contribution in [1.29, 1.82) is 0 Å². The molecule has 18 heavy (non-hydrogen) atoms. The Morgan fingerprint density at radius 3 is 2.72 bits per heavy atom. The van der Waals surface area contributed by atoms with Gasteiger partial charge in [0.15, 0.2) is 11.6 Å². The van der Waals surface area contributed by atoms with Crippen LogP contribution in [0.4, 0.5) is 4.39 Å². The van der Waals surface area contributed by atoms with Gasteiger partial charge in [0, 0.05) is 6.54 Å².